The average Bonchev–Trinajstić information content (AvgIpc) is 3.17. The molecule has 0 aromatic rings. The summed E-state index contributed by atoms with van der Waals surface area (Å²) in [7, 11) is 0. The van der Waals surface area contributed by atoms with E-state index in [2.05, 4.69) is 19.2 Å². The molecular formula is C43H85NO10. The Morgan fingerprint density at radius 3 is 1.37 bits per heavy atom. The van der Waals surface area contributed by atoms with Gasteiger partial charge in [-0.25, -0.2) is 0 Å². The first kappa shape index (κ1) is 51.1. The number of ether oxygens (including phenoxy) is 2. The fourth-order valence-corrected chi connectivity index (χ4v) is 7.38. The molecule has 1 rings (SSSR count). The van der Waals surface area contributed by atoms with Gasteiger partial charge in [0, 0.05) is 0 Å². The van der Waals surface area contributed by atoms with Crippen molar-refractivity contribution in [2.24, 2.45) is 0 Å². The van der Waals surface area contributed by atoms with Crippen molar-refractivity contribution in [1.82, 2.24) is 5.32 Å². The van der Waals surface area contributed by atoms with Crippen LogP contribution in [0.3, 0.4) is 0 Å². The minimum atomic E-state index is -1.65. The number of unbranched alkanes of at least 4 members (excludes halogenated alkanes) is 25. The molecule has 11 heteroatoms. The van der Waals surface area contributed by atoms with Gasteiger partial charge in [-0.3, -0.25) is 4.79 Å². The zero-order valence-corrected chi connectivity index (χ0v) is 34.5. The number of amides is 1. The summed E-state index contributed by atoms with van der Waals surface area (Å²) in [4.78, 5) is 13.0. The van der Waals surface area contributed by atoms with Crippen molar-refractivity contribution in [2.75, 3.05) is 13.2 Å². The van der Waals surface area contributed by atoms with E-state index in [0.717, 1.165) is 38.5 Å². The second-order valence-electron chi connectivity index (χ2n) is 16.1. The van der Waals surface area contributed by atoms with Gasteiger partial charge in [-0.1, -0.05) is 187 Å². The van der Waals surface area contributed by atoms with E-state index in [4.69, 9.17) is 9.47 Å². The van der Waals surface area contributed by atoms with Crippen LogP contribution in [0.25, 0.3) is 0 Å². The lowest BCUT2D eigenvalue weighted by atomic mass is 9.98. The number of nitrogens with one attached hydrogen (secondary N) is 1. The summed E-state index contributed by atoms with van der Waals surface area (Å²) in [6.07, 6.45) is 21.5. The van der Waals surface area contributed by atoms with Gasteiger partial charge in [-0.15, -0.1) is 0 Å². The largest absolute Gasteiger partial charge is 0.394 e. The van der Waals surface area contributed by atoms with Crippen molar-refractivity contribution in [1.29, 1.82) is 0 Å². The summed E-state index contributed by atoms with van der Waals surface area (Å²) in [6, 6.07) is -1.16. The van der Waals surface area contributed by atoms with Gasteiger partial charge in [-0.05, 0) is 12.8 Å². The normalized spacial score (nSPS) is 22.6. The molecule has 1 heterocycles. The van der Waals surface area contributed by atoms with Crippen LogP contribution in [0, 0.1) is 0 Å². The molecule has 0 aromatic heterocycles. The minimum absolute atomic E-state index is 0.265. The molecule has 0 saturated carbocycles. The van der Waals surface area contributed by atoms with Crippen LogP contribution >= 0.6 is 0 Å². The van der Waals surface area contributed by atoms with E-state index in [-0.39, 0.29) is 6.42 Å². The molecule has 1 aliphatic heterocycles. The van der Waals surface area contributed by atoms with Crippen LogP contribution in [-0.2, 0) is 14.3 Å². The lowest BCUT2D eigenvalue weighted by molar-refractivity contribution is -0.303. The molecule has 9 unspecified atom stereocenters. The summed E-state index contributed by atoms with van der Waals surface area (Å²) in [5.74, 6) is -0.696. The van der Waals surface area contributed by atoms with Crippen molar-refractivity contribution in [3.05, 3.63) is 0 Å². The molecule has 54 heavy (non-hydrogen) atoms. The number of carbonyl (C=O) groups excluding carboxylic acids is 1. The first-order valence-electron chi connectivity index (χ1n) is 22.4. The van der Waals surface area contributed by atoms with E-state index >= 15 is 0 Å². The number of carbonyl (C=O) groups is 1. The van der Waals surface area contributed by atoms with Crippen LogP contribution in [-0.4, -0.2) is 110 Å². The van der Waals surface area contributed by atoms with Crippen LogP contribution in [0.1, 0.15) is 200 Å². The lowest BCUT2D eigenvalue weighted by Gasteiger charge is -2.40. The highest BCUT2D eigenvalue weighted by molar-refractivity contribution is 5.80. The number of aliphatic hydroxyl groups excluding tert-OH is 7. The molecule has 322 valence electrons. The fraction of sp³-hybridized carbons (Fsp3) is 0.977. The molecular weight excluding hydrogens is 690 g/mol. The minimum Gasteiger partial charge on any atom is -0.394 e. The topological polar surface area (TPSA) is 189 Å². The van der Waals surface area contributed by atoms with Gasteiger partial charge >= 0.3 is 0 Å². The molecule has 1 saturated heterocycles. The first-order chi connectivity index (χ1) is 26.2. The van der Waals surface area contributed by atoms with Crippen molar-refractivity contribution < 1.29 is 50.0 Å². The van der Waals surface area contributed by atoms with Gasteiger partial charge in [0.2, 0.25) is 5.91 Å². The van der Waals surface area contributed by atoms with E-state index in [9.17, 15) is 40.5 Å². The quantitative estimate of drug-likeness (QED) is 0.0315. The Labute approximate surface area is 329 Å². The first-order valence-corrected chi connectivity index (χ1v) is 22.4. The molecule has 9 atom stereocenters. The van der Waals surface area contributed by atoms with Gasteiger partial charge < -0.3 is 50.5 Å². The lowest BCUT2D eigenvalue weighted by Crippen LogP contribution is -2.60. The zero-order chi connectivity index (χ0) is 39.8. The monoisotopic (exact) mass is 776 g/mol. The third-order valence-electron chi connectivity index (χ3n) is 11.2. The molecule has 0 spiro atoms. The Kier molecular flexibility index (Phi) is 32.4. The van der Waals surface area contributed by atoms with Gasteiger partial charge in [0.05, 0.1) is 25.4 Å². The Morgan fingerprint density at radius 2 is 0.963 bits per heavy atom. The van der Waals surface area contributed by atoms with Crippen LogP contribution in [0.15, 0.2) is 0 Å². The van der Waals surface area contributed by atoms with Gasteiger partial charge in [-0.2, -0.15) is 0 Å². The Morgan fingerprint density at radius 1 is 0.574 bits per heavy atom. The maximum absolute atomic E-state index is 13.0. The Balaban J connectivity index is 2.48. The van der Waals surface area contributed by atoms with Crippen LogP contribution < -0.4 is 5.32 Å². The number of hydrogen-bond donors (Lipinski definition) is 8. The van der Waals surface area contributed by atoms with Crippen molar-refractivity contribution >= 4 is 5.91 Å². The predicted octanol–water partition coefficient (Wildman–Crippen LogP) is 6.72. The van der Waals surface area contributed by atoms with E-state index in [1.54, 1.807) is 0 Å². The molecule has 1 amide bonds. The van der Waals surface area contributed by atoms with Crippen LogP contribution in [0.4, 0.5) is 0 Å². The summed E-state index contributed by atoms with van der Waals surface area (Å²) in [5.41, 5.74) is 0. The second-order valence-corrected chi connectivity index (χ2v) is 16.1. The van der Waals surface area contributed by atoms with E-state index in [0.29, 0.717) is 19.3 Å². The fourth-order valence-electron chi connectivity index (χ4n) is 7.38. The number of aliphatic hydroxyl groups is 7. The van der Waals surface area contributed by atoms with Crippen molar-refractivity contribution in [3.8, 4) is 0 Å². The van der Waals surface area contributed by atoms with E-state index < -0.39 is 74.2 Å². The number of hydrogen-bond acceptors (Lipinski definition) is 10. The maximum atomic E-state index is 13.0. The molecule has 1 fully saturated rings. The van der Waals surface area contributed by atoms with Gasteiger partial charge in [0.1, 0.15) is 36.6 Å². The summed E-state index contributed by atoms with van der Waals surface area (Å²) in [6.45, 7) is 3.43. The van der Waals surface area contributed by atoms with Crippen molar-refractivity contribution in [3.63, 3.8) is 0 Å². The molecule has 0 radical (unpaired) electrons. The molecule has 0 aromatic carbocycles. The van der Waals surface area contributed by atoms with E-state index in [1.807, 2.05) is 0 Å². The predicted molar refractivity (Wildman–Crippen MR) is 215 cm³/mol. The molecule has 11 nitrogen and oxygen atoms in total. The van der Waals surface area contributed by atoms with Gasteiger partial charge in [0.25, 0.3) is 0 Å². The standard InChI is InChI=1S/C43H85NO10/c1-3-5-7-9-11-13-15-17-18-19-21-22-24-26-28-30-35(46)38(48)34(33-53-43-41(51)40(50)39(49)37(32-45)54-43)44-42(52)36(47)31-29-27-25-23-20-16-14-12-10-8-6-4-2/h34-41,43,45-51H,3-33H2,1-2H3,(H,44,52). The highest BCUT2D eigenvalue weighted by atomic mass is 16.7. The molecule has 0 bridgehead atoms. The second kappa shape index (κ2) is 34.2. The SMILES string of the molecule is CCCCCCCCCCCCCCCCCC(O)C(O)C(COC1OC(CO)C(O)C(O)C1O)NC(=O)C(O)CCCCCCCCCCCCCC. The Hall–Kier alpha value is -0.890. The van der Waals surface area contributed by atoms with Gasteiger partial charge in [0.15, 0.2) is 6.29 Å². The summed E-state index contributed by atoms with van der Waals surface area (Å²) < 4.78 is 11.1. The van der Waals surface area contributed by atoms with Crippen LogP contribution in [0.2, 0.25) is 0 Å². The van der Waals surface area contributed by atoms with E-state index in [1.165, 1.54) is 122 Å². The maximum Gasteiger partial charge on any atom is 0.249 e. The molecule has 0 aliphatic carbocycles. The smallest absolute Gasteiger partial charge is 0.249 e. The molecule has 8 N–H and O–H groups in total. The summed E-state index contributed by atoms with van der Waals surface area (Å²) >= 11 is 0. The molecule has 1 aliphatic rings. The Bertz CT molecular complexity index is 851. The zero-order valence-electron chi connectivity index (χ0n) is 34.5. The third-order valence-corrected chi connectivity index (χ3v) is 11.2. The highest BCUT2D eigenvalue weighted by Gasteiger charge is 2.44. The number of rotatable bonds is 37. The average molecular weight is 776 g/mol. The van der Waals surface area contributed by atoms with Crippen molar-refractivity contribution in [2.45, 2.75) is 255 Å². The summed E-state index contributed by atoms with van der Waals surface area (Å²) in [5, 5.41) is 75.5. The third kappa shape index (κ3) is 24.0. The highest BCUT2D eigenvalue weighted by Crippen LogP contribution is 2.23. The van der Waals surface area contributed by atoms with Crippen LogP contribution in [0.5, 0.6) is 0 Å².